The van der Waals surface area contributed by atoms with Crippen molar-refractivity contribution in [3.8, 4) is 5.75 Å². The maximum Gasteiger partial charge on any atom is 0.170 e. The Morgan fingerprint density at radius 3 is 3.00 bits per heavy atom. The first-order valence-electron chi connectivity index (χ1n) is 5.51. The molecule has 1 aromatic carbocycles. The first-order valence-corrected chi connectivity index (χ1v) is 6.63. The van der Waals surface area contributed by atoms with Gasteiger partial charge in [0.1, 0.15) is 0 Å². The monoisotopic (exact) mass is 313 g/mol. The minimum atomic E-state index is -0.349. The summed E-state index contributed by atoms with van der Waals surface area (Å²) in [5, 5.41) is 8.80. The zero-order valence-corrected chi connectivity index (χ0v) is 11.5. The fourth-order valence-corrected chi connectivity index (χ4v) is 2.04. The van der Waals surface area contributed by atoms with Gasteiger partial charge in [-0.15, -0.1) is 5.10 Å². The summed E-state index contributed by atoms with van der Waals surface area (Å²) in [7, 11) is 1.45. The fraction of sp³-hybridized carbons (Fsp3) is 0.333. The average Bonchev–Trinajstić information content (AvgIpc) is 2.80. The van der Waals surface area contributed by atoms with Crippen molar-refractivity contribution in [3.63, 3.8) is 0 Å². The summed E-state index contributed by atoms with van der Waals surface area (Å²) in [5.74, 6) is -0.106. The number of benzene rings is 1. The molecule has 0 aliphatic carbocycles. The van der Waals surface area contributed by atoms with Crippen LogP contribution >= 0.6 is 15.9 Å². The summed E-state index contributed by atoms with van der Waals surface area (Å²) in [6.45, 7) is 0.346. The number of methoxy groups -OCH3 is 1. The molecule has 6 heteroatoms. The van der Waals surface area contributed by atoms with Crippen LogP contribution in [0.25, 0.3) is 0 Å². The second-order valence-electron chi connectivity index (χ2n) is 3.78. The standard InChI is InChI=1S/C12H13BrFN3O/c1-18-11-4-2-3-9(12(11)14)7-17-8-10(5-6-13)15-16-17/h2-4,8H,5-7H2,1H3. The highest BCUT2D eigenvalue weighted by Gasteiger charge is 2.09. The average molecular weight is 314 g/mol. The lowest BCUT2D eigenvalue weighted by atomic mass is 10.2. The molecular weight excluding hydrogens is 301 g/mol. The minimum absolute atomic E-state index is 0.244. The van der Waals surface area contributed by atoms with Gasteiger partial charge in [0, 0.05) is 23.5 Å². The van der Waals surface area contributed by atoms with Gasteiger partial charge < -0.3 is 4.74 Å². The van der Waals surface area contributed by atoms with E-state index in [1.165, 1.54) is 7.11 Å². The molecule has 96 valence electrons. The van der Waals surface area contributed by atoms with E-state index < -0.39 is 0 Å². The Morgan fingerprint density at radius 2 is 2.28 bits per heavy atom. The van der Waals surface area contributed by atoms with Crippen molar-refractivity contribution < 1.29 is 9.13 Å². The van der Waals surface area contributed by atoms with E-state index in [2.05, 4.69) is 26.2 Å². The molecule has 0 saturated heterocycles. The molecule has 0 saturated carbocycles. The third kappa shape index (κ3) is 2.87. The molecule has 2 aromatic rings. The molecule has 1 heterocycles. The summed E-state index contributed by atoms with van der Waals surface area (Å²) in [6, 6.07) is 5.06. The van der Waals surface area contributed by atoms with Gasteiger partial charge in [-0.1, -0.05) is 33.3 Å². The Labute approximate surface area is 113 Å². The minimum Gasteiger partial charge on any atom is -0.494 e. The lowest BCUT2D eigenvalue weighted by Crippen LogP contribution is -2.03. The molecular formula is C12H13BrFN3O. The molecule has 0 aliphatic heterocycles. The number of hydrogen-bond acceptors (Lipinski definition) is 3. The van der Waals surface area contributed by atoms with Gasteiger partial charge in [-0.3, -0.25) is 0 Å². The Balaban J connectivity index is 2.17. The summed E-state index contributed by atoms with van der Waals surface area (Å²) < 4.78 is 20.5. The van der Waals surface area contributed by atoms with Gasteiger partial charge in [-0.25, -0.2) is 9.07 Å². The van der Waals surface area contributed by atoms with E-state index in [0.29, 0.717) is 12.1 Å². The van der Waals surface area contributed by atoms with Gasteiger partial charge in [0.25, 0.3) is 0 Å². The van der Waals surface area contributed by atoms with E-state index in [4.69, 9.17) is 4.74 Å². The van der Waals surface area contributed by atoms with Crippen LogP contribution in [0.5, 0.6) is 5.75 Å². The number of hydrogen-bond donors (Lipinski definition) is 0. The van der Waals surface area contributed by atoms with E-state index in [1.807, 2.05) is 6.20 Å². The van der Waals surface area contributed by atoms with Crippen molar-refractivity contribution in [2.45, 2.75) is 13.0 Å². The van der Waals surface area contributed by atoms with Crippen molar-refractivity contribution in [1.82, 2.24) is 15.0 Å². The van der Waals surface area contributed by atoms with Crippen LogP contribution in [-0.2, 0) is 13.0 Å². The summed E-state index contributed by atoms with van der Waals surface area (Å²) in [4.78, 5) is 0. The van der Waals surface area contributed by atoms with Gasteiger partial charge >= 0.3 is 0 Å². The van der Waals surface area contributed by atoms with Gasteiger partial charge in [0.2, 0.25) is 0 Å². The highest BCUT2D eigenvalue weighted by Crippen LogP contribution is 2.20. The van der Waals surface area contributed by atoms with Crippen LogP contribution in [0, 0.1) is 5.82 Å². The SMILES string of the molecule is COc1cccc(Cn2cc(CCBr)nn2)c1F. The zero-order chi connectivity index (χ0) is 13.0. The van der Waals surface area contributed by atoms with Gasteiger partial charge in [-0.05, 0) is 6.07 Å². The fourth-order valence-electron chi connectivity index (χ4n) is 1.64. The number of nitrogens with zero attached hydrogens (tertiary/aromatic N) is 3. The predicted octanol–water partition coefficient (Wildman–Crippen LogP) is 2.41. The number of rotatable bonds is 5. The molecule has 0 radical (unpaired) electrons. The van der Waals surface area contributed by atoms with Crippen LogP contribution in [0.2, 0.25) is 0 Å². The van der Waals surface area contributed by atoms with Crippen molar-refractivity contribution in [1.29, 1.82) is 0 Å². The smallest absolute Gasteiger partial charge is 0.170 e. The number of alkyl halides is 1. The number of ether oxygens (including phenoxy) is 1. The topological polar surface area (TPSA) is 39.9 Å². The predicted molar refractivity (Wildman–Crippen MR) is 69.6 cm³/mol. The second-order valence-corrected chi connectivity index (χ2v) is 4.57. The second kappa shape index (κ2) is 5.95. The Morgan fingerprint density at radius 1 is 1.44 bits per heavy atom. The van der Waals surface area contributed by atoms with E-state index in [-0.39, 0.29) is 11.6 Å². The number of halogens is 2. The zero-order valence-electron chi connectivity index (χ0n) is 9.94. The molecule has 0 N–H and O–H groups in total. The molecule has 18 heavy (non-hydrogen) atoms. The van der Waals surface area contributed by atoms with E-state index >= 15 is 0 Å². The van der Waals surface area contributed by atoms with Gasteiger partial charge in [0.15, 0.2) is 11.6 Å². The lowest BCUT2D eigenvalue weighted by Gasteiger charge is -2.06. The molecule has 2 rings (SSSR count). The van der Waals surface area contributed by atoms with E-state index in [0.717, 1.165) is 17.4 Å². The summed E-state index contributed by atoms with van der Waals surface area (Å²) >= 11 is 3.34. The molecule has 0 atom stereocenters. The highest BCUT2D eigenvalue weighted by atomic mass is 79.9. The molecule has 1 aromatic heterocycles. The Bertz CT molecular complexity index is 530. The highest BCUT2D eigenvalue weighted by molar-refractivity contribution is 9.09. The molecule has 0 bridgehead atoms. The van der Waals surface area contributed by atoms with Gasteiger partial charge in [0.05, 0.1) is 19.3 Å². The van der Waals surface area contributed by atoms with E-state index in [9.17, 15) is 4.39 Å². The van der Waals surface area contributed by atoms with Crippen LogP contribution in [0.3, 0.4) is 0 Å². The van der Waals surface area contributed by atoms with Crippen molar-refractivity contribution in [2.75, 3.05) is 12.4 Å². The van der Waals surface area contributed by atoms with Crippen molar-refractivity contribution in [3.05, 3.63) is 41.5 Å². The van der Waals surface area contributed by atoms with Crippen LogP contribution < -0.4 is 4.74 Å². The van der Waals surface area contributed by atoms with Crippen molar-refractivity contribution in [2.24, 2.45) is 0 Å². The Kier molecular flexibility index (Phi) is 4.30. The summed E-state index contributed by atoms with van der Waals surface area (Å²) in [5.41, 5.74) is 1.42. The largest absolute Gasteiger partial charge is 0.494 e. The first-order chi connectivity index (χ1) is 8.74. The molecule has 0 spiro atoms. The molecule has 0 aliphatic rings. The molecule has 4 nitrogen and oxygen atoms in total. The van der Waals surface area contributed by atoms with Gasteiger partial charge in [-0.2, -0.15) is 0 Å². The Hall–Kier alpha value is -1.43. The lowest BCUT2D eigenvalue weighted by molar-refractivity contribution is 0.383. The summed E-state index contributed by atoms with van der Waals surface area (Å²) in [6.07, 6.45) is 2.63. The first kappa shape index (κ1) is 13.0. The van der Waals surface area contributed by atoms with E-state index in [1.54, 1.807) is 22.9 Å². The normalized spacial score (nSPS) is 10.6. The molecule has 0 unspecified atom stereocenters. The number of aromatic nitrogens is 3. The van der Waals surface area contributed by atoms with Crippen LogP contribution in [0.15, 0.2) is 24.4 Å². The maximum absolute atomic E-state index is 13.9. The van der Waals surface area contributed by atoms with Crippen molar-refractivity contribution >= 4 is 15.9 Å². The molecule has 0 amide bonds. The van der Waals surface area contributed by atoms with Crippen LogP contribution in [0.4, 0.5) is 4.39 Å². The third-order valence-corrected chi connectivity index (χ3v) is 2.93. The maximum atomic E-state index is 13.9. The number of aryl methyl sites for hydroxylation is 1. The third-order valence-electron chi connectivity index (χ3n) is 2.53. The van der Waals surface area contributed by atoms with Crippen LogP contribution in [0.1, 0.15) is 11.3 Å². The van der Waals surface area contributed by atoms with Crippen LogP contribution in [-0.4, -0.2) is 27.4 Å². The quantitative estimate of drug-likeness (QED) is 0.796. The molecule has 0 fully saturated rings.